The molecule has 1 aliphatic heterocycles. The number of carbonyl (C=O) groups excluding carboxylic acids is 1. The van der Waals surface area contributed by atoms with E-state index < -0.39 is 17.6 Å². The summed E-state index contributed by atoms with van der Waals surface area (Å²) in [6, 6.07) is 10.0. The van der Waals surface area contributed by atoms with Gasteiger partial charge in [-0.05, 0) is 62.0 Å². The summed E-state index contributed by atoms with van der Waals surface area (Å²) in [5, 5.41) is 2.77. The fourth-order valence-electron chi connectivity index (χ4n) is 3.05. The van der Waals surface area contributed by atoms with Gasteiger partial charge in [-0.25, -0.2) is 0 Å². The van der Waals surface area contributed by atoms with Gasteiger partial charge in [0, 0.05) is 43.1 Å². The third-order valence-corrected chi connectivity index (χ3v) is 4.80. The standard InChI is InChI=1S/C20H22F3N3O/c1-14-13-17(26-11-9-25(2)10-12-26)7-8-18(14)24-19(27)15-3-5-16(6-4-15)20(21,22)23/h3-8,13H,9-12H2,1-2H3,(H,24,27). The molecule has 0 unspecified atom stereocenters. The number of piperazine rings is 1. The number of alkyl halides is 3. The van der Waals surface area contributed by atoms with E-state index in [1.54, 1.807) is 0 Å². The van der Waals surface area contributed by atoms with Crippen molar-refractivity contribution in [3.8, 4) is 0 Å². The van der Waals surface area contributed by atoms with E-state index >= 15 is 0 Å². The molecule has 144 valence electrons. The van der Waals surface area contributed by atoms with E-state index in [0.29, 0.717) is 5.69 Å². The quantitative estimate of drug-likeness (QED) is 0.878. The molecule has 0 saturated carbocycles. The Hall–Kier alpha value is -2.54. The Morgan fingerprint density at radius 1 is 1.00 bits per heavy atom. The third kappa shape index (κ3) is 4.60. The highest BCUT2D eigenvalue weighted by Crippen LogP contribution is 2.29. The van der Waals surface area contributed by atoms with Gasteiger partial charge in [-0.15, -0.1) is 0 Å². The van der Waals surface area contributed by atoms with Gasteiger partial charge in [-0.1, -0.05) is 0 Å². The van der Waals surface area contributed by atoms with Crippen LogP contribution in [0.2, 0.25) is 0 Å². The van der Waals surface area contributed by atoms with Gasteiger partial charge in [-0.3, -0.25) is 4.79 Å². The van der Waals surface area contributed by atoms with Crippen molar-refractivity contribution >= 4 is 17.3 Å². The SMILES string of the molecule is Cc1cc(N2CCN(C)CC2)ccc1NC(=O)c1ccc(C(F)(F)F)cc1. The smallest absolute Gasteiger partial charge is 0.369 e. The molecule has 1 aliphatic rings. The lowest BCUT2D eigenvalue weighted by Gasteiger charge is -2.34. The zero-order valence-electron chi connectivity index (χ0n) is 15.3. The first-order chi connectivity index (χ1) is 12.7. The van der Waals surface area contributed by atoms with E-state index in [2.05, 4.69) is 22.2 Å². The molecule has 3 rings (SSSR count). The van der Waals surface area contributed by atoms with Crippen LogP contribution >= 0.6 is 0 Å². The van der Waals surface area contributed by atoms with Crippen molar-refractivity contribution in [2.45, 2.75) is 13.1 Å². The lowest BCUT2D eigenvalue weighted by Crippen LogP contribution is -2.44. The number of nitrogens with zero attached hydrogens (tertiary/aromatic N) is 2. The summed E-state index contributed by atoms with van der Waals surface area (Å²) < 4.78 is 37.9. The van der Waals surface area contributed by atoms with Crippen molar-refractivity contribution in [1.82, 2.24) is 4.90 Å². The van der Waals surface area contributed by atoms with Crippen LogP contribution in [0.1, 0.15) is 21.5 Å². The number of rotatable bonds is 3. The molecule has 0 aliphatic carbocycles. The topological polar surface area (TPSA) is 35.6 Å². The molecule has 0 atom stereocenters. The minimum Gasteiger partial charge on any atom is -0.369 e. The number of benzene rings is 2. The number of likely N-dealkylation sites (N-methyl/N-ethyl adjacent to an activating group) is 1. The monoisotopic (exact) mass is 377 g/mol. The zero-order chi connectivity index (χ0) is 19.6. The number of amides is 1. The van der Waals surface area contributed by atoms with Crippen molar-refractivity contribution in [3.05, 3.63) is 59.2 Å². The first kappa shape index (κ1) is 19.2. The van der Waals surface area contributed by atoms with Gasteiger partial charge in [0.2, 0.25) is 0 Å². The number of anilines is 2. The predicted octanol–water partition coefficient (Wildman–Crippen LogP) is 4.02. The number of aryl methyl sites for hydroxylation is 1. The third-order valence-electron chi connectivity index (χ3n) is 4.80. The maximum Gasteiger partial charge on any atom is 0.416 e. The van der Waals surface area contributed by atoms with Crippen LogP contribution in [-0.2, 0) is 6.18 Å². The maximum absolute atomic E-state index is 12.6. The van der Waals surface area contributed by atoms with Crippen LogP contribution in [0.4, 0.5) is 24.5 Å². The van der Waals surface area contributed by atoms with Crippen LogP contribution in [0.5, 0.6) is 0 Å². The van der Waals surface area contributed by atoms with Gasteiger partial charge in [-0.2, -0.15) is 13.2 Å². The van der Waals surface area contributed by atoms with Crippen LogP contribution in [0.25, 0.3) is 0 Å². The summed E-state index contributed by atoms with van der Waals surface area (Å²) in [5.74, 6) is -0.431. The Morgan fingerprint density at radius 3 is 2.19 bits per heavy atom. The van der Waals surface area contributed by atoms with Crippen molar-refractivity contribution in [3.63, 3.8) is 0 Å². The van der Waals surface area contributed by atoms with Gasteiger partial charge in [0.05, 0.1) is 5.56 Å². The molecule has 2 aromatic carbocycles. The summed E-state index contributed by atoms with van der Waals surface area (Å²) in [5.41, 5.74) is 2.08. The van der Waals surface area contributed by atoms with E-state index in [0.717, 1.165) is 49.6 Å². The van der Waals surface area contributed by atoms with Gasteiger partial charge in [0.1, 0.15) is 0 Å². The maximum atomic E-state index is 12.6. The summed E-state index contributed by atoms with van der Waals surface area (Å²) >= 11 is 0. The van der Waals surface area contributed by atoms with Crippen molar-refractivity contribution in [2.24, 2.45) is 0 Å². The fraction of sp³-hybridized carbons (Fsp3) is 0.350. The van der Waals surface area contributed by atoms with Crippen LogP contribution in [0, 0.1) is 6.92 Å². The Balaban J connectivity index is 1.69. The summed E-state index contributed by atoms with van der Waals surface area (Å²) in [6.45, 7) is 5.82. The minimum atomic E-state index is -4.41. The van der Waals surface area contributed by atoms with Crippen LogP contribution in [0.15, 0.2) is 42.5 Å². The van der Waals surface area contributed by atoms with Crippen LogP contribution < -0.4 is 10.2 Å². The van der Waals surface area contributed by atoms with E-state index in [-0.39, 0.29) is 5.56 Å². The average molecular weight is 377 g/mol. The summed E-state index contributed by atoms with van der Waals surface area (Å²) in [6.07, 6.45) is -4.41. The molecule has 1 saturated heterocycles. The van der Waals surface area contributed by atoms with Crippen molar-refractivity contribution in [2.75, 3.05) is 43.4 Å². The minimum absolute atomic E-state index is 0.186. The highest BCUT2D eigenvalue weighted by Gasteiger charge is 2.30. The number of hydrogen-bond donors (Lipinski definition) is 1. The highest BCUT2D eigenvalue weighted by atomic mass is 19.4. The molecule has 4 nitrogen and oxygen atoms in total. The number of carbonyl (C=O) groups is 1. The first-order valence-electron chi connectivity index (χ1n) is 8.77. The van der Waals surface area contributed by atoms with Gasteiger partial charge < -0.3 is 15.1 Å². The van der Waals surface area contributed by atoms with Crippen molar-refractivity contribution < 1.29 is 18.0 Å². The molecule has 1 heterocycles. The Kier molecular flexibility index (Phi) is 5.41. The summed E-state index contributed by atoms with van der Waals surface area (Å²) in [4.78, 5) is 16.9. The second kappa shape index (κ2) is 7.60. The van der Waals surface area contributed by atoms with Gasteiger partial charge >= 0.3 is 6.18 Å². The Morgan fingerprint density at radius 2 is 1.63 bits per heavy atom. The van der Waals surface area contributed by atoms with E-state index in [1.807, 2.05) is 25.1 Å². The number of nitrogens with one attached hydrogen (secondary N) is 1. The summed E-state index contributed by atoms with van der Waals surface area (Å²) in [7, 11) is 2.10. The predicted molar refractivity (Wildman–Crippen MR) is 100 cm³/mol. The number of hydrogen-bond acceptors (Lipinski definition) is 3. The van der Waals surface area contributed by atoms with Gasteiger partial charge in [0.25, 0.3) is 5.91 Å². The second-order valence-electron chi connectivity index (χ2n) is 6.82. The number of halogens is 3. The molecule has 0 spiro atoms. The molecule has 2 aromatic rings. The van der Waals surface area contributed by atoms with Gasteiger partial charge in [0.15, 0.2) is 0 Å². The molecular formula is C20H22F3N3O. The molecular weight excluding hydrogens is 355 g/mol. The molecule has 0 radical (unpaired) electrons. The van der Waals surface area contributed by atoms with Crippen LogP contribution in [-0.4, -0.2) is 44.0 Å². The van der Waals surface area contributed by atoms with E-state index in [4.69, 9.17) is 0 Å². The average Bonchev–Trinajstić information content (AvgIpc) is 2.63. The Labute approximate surface area is 156 Å². The lowest BCUT2D eigenvalue weighted by atomic mass is 10.1. The zero-order valence-corrected chi connectivity index (χ0v) is 15.3. The normalized spacial score (nSPS) is 15.7. The lowest BCUT2D eigenvalue weighted by molar-refractivity contribution is -0.137. The van der Waals surface area contributed by atoms with E-state index in [1.165, 1.54) is 12.1 Å². The second-order valence-corrected chi connectivity index (χ2v) is 6.82. The fourth-order valence-corrected chi connectivity index (χ4v) is 3.05. The highest BCUT2D eigenvalue weighted by molar-refractivity contribution is 6.04. The van der Waals surface area contributed by atoms with Crippen molar-refractivity contribution in [1.29, 1.82) is 0 Å². The largest absolute Gasteiger partial charge is 0.416 e. The van der Waals surface area contributed by atoms with E-state index in [9.17, 15) is 18.0 Å². The molecule has 1 amide bonds. The Bertz CT molecular complexity index is 810. The molecule has 0 bridgehead atoms. The molecule has 1 N–H and O–H groups in total. The molecule has 27 heavy (non-hydrogen) atoms. The molecule has 1 fully saturated rings. The molecule has 0 aromatic heterocycles. The first-order valence-corrected chi connectivity index (χ1v) is 8.77. The molecule has 7 heteroatoms. The van der Waals surface area contributed by atoms with Crippen LogP contribution in [0.3, 0.4) is 0 Å².